The topological polar surface area (TPSA) is 38.8 Å². The normalized spacial score (nSPS) is 20.5. The van der Waals surface area contributed by atoms with Gasteiger partial charge in [-0.25, -0.2) is 0 Å². The number of benzene rings is 2. The highest BCUT2D eigenvalue weighted by atomic mass is 35.5. The maximum atomic E-state index is 12.2. The van der Waals surface area contributed by atoms with Crippen LogP contribution < -0.4 is 14.4 Å². The van der Waals surface area contributed by atoms with Crippen LogP contribution in [0.15, 0.2) is 48.5 Å². The van der Waals surface area contributed by atoms with Crippen molar-refractivity contribution in [3.63, 3.8) is 0 Å². The smallest absolute Gasteiger partial charge is 0.248 e. The Morgan fingerprint density at radius 2 is 1.41 bits per heavy atom. The quantitative estimate of drug-likeness (QED) is 0.641. The van der Waals surface area contributed by atoms with Crippen LogP contribution in [0.2, 0.25) is 0 Å². The summed E-state index contributed by atoms with van der Waals surface area (Å²) in [6, 6.07) is 14.8. The van der Waals surface area contributed by atoms with Gasteiger partial charge < -0.3 is 14.4 Å². The molecular weight excluding hydrogens is 302 g/mol. The number of carbonyl (C=O) groups is 1. The third kappa shape index (κ3) is 2.40. The highest BCUT2D eigenvalue weighted by Gasteiger charge is 2.47. The molecule has 1 amide bonds. The van der Waals surface area contributed by atoms with Gasteiger partial charge >= 0.3 is 0 Å². The molecule has 1 saturated heterocycles. The number of alkyl halides is 1. The van der Waals surface area contributed by atoms with Gasteiger partial charge in [0.15, 0.2) is 0 Å². The van der Waals surface area contributed by atoms with Gasteiger partial charge in [-0.05, 0) is 42.0 Å². The molecule has 2 aromatic carbocycles. The predicted molar refractivity (Wildman–Crippen MR) is 85.9 cm³/mol. The molecule has 2 aromatic rings. The van der Waals surface area contributed by atoms with Gasteiger partial charge in [0.2, 0.25) is 5.91 Å². The Hall–Kier alpha value is -2.20. The second-order valence-corrected chi connectivity index (χ2v) is 5.50. The Labute approximate surface area is 134 Å². The maximum Gasteiger partial charge on any atom is 0.248 e. The lowest BCUT2D eigenvalue weighted by Gasteiger charge is -2.44. The molecule has 2 atom stereocenters. The standard InChI is InChI=1S/C17H16ClNO3/c1-21-13-7-3-11(4-8-13)16-15(18)17(20)19(16)12-5-9-14(22-2)10-6-12/h3-10,15-16H,1-2H3. The van der Waals surface area contributed by atoms with E-state index < -0.39 is 5.38 Å². The minimum atomic E-state index is -0.546. The molecule has 0 bridgehead atoms. The van der Waals surface area contributed by atoms with Crippen molar-refractivity contribution in [2.75, 3.05) is 19.1 Å². The van der Waals surface area contributed by atoms with Gasteiger partial charge in [-0.15, -0.1) is 11.6 Å². The Kier molecular flexibility index (Phi) is 3.94. The molecule has 3 rings (SSSR count). The van der Waals surface area contributed by atoms with Gasteiger partial charge in [0.1, 0.15) is 16.9 Å². The molecule has 0 aliphatic carbocycles. The summed E-state index contributed by atoms with van der Waals surface area (Å²) in [6.45, 7) is 0. The Morgan fingerprint density at radius 1 is 0.909 bits per heavy atom. The molecule has 1 fully saturated rings. The Morgan fingerprint density at radius 3 is 1.91 bits per heavy atom. The van der Waals surface area contributed by atoms with Crippen LogP contribution in [0.5, 0.6) is 11.5 Å². The van der Waals surface area contributed by atoms with Crippen LogP contribution in [-0.2, 0) is 4.79 Å². The lowest BCUT2D eigenvalue weighted by Crippen LogP contribution is -2.56. The molecule has 2 unspecified atom stereocenters. The van der Waals surface area contributed by atoms with E-state index in [0.29, 0.717) is 0 Å². The van der Waals surface area contributed by atoms with Crippen molar-refractivity contribution in [3.05, 3.63) is 54.1 Å². The first-order valence-electron chi connectivity index (χ1n) is 6.91. The number of hydrogen-bond acceptors (Lipinski definition) is 3. The Balaban J connectivity index is 1.89. The first-order chi connectivity index (χ1) is 10.7. The van der Waals surface area contributed by atoms with E-state index in [4.69, 9.17) is 21.1 Å². The van der Waals surface area contributed by atoms with Gasteiger partial charge in [0, 0.05) is 5.69 Å². The number of methoxy groups -OCH3 is 2. The van der Waals surface area contributed by atoms with Crippen LogP contribution in [0.25, 0.3) is 0 Å². The predicted octanol–water partition coefficient (Wildman–Crippen LogP) is 3.40. The molecule has 0 radical (unpaired) electrons. The minimum Gasteiger partial charge on any atom is -0.497 e. The molecule has 4 nitrogen and oxygen atoms in total. The minimum absolute atomic E-state index is 0.0901. The number of amides is 1. The SMILES string of the molecule is COc1ccc(C2C(Cl)C(=O)N2c2ccc(OC)cc2)cc1. The molecule has 22 heavy (non-hydrogen) atoms. The van der Waals surface area contributed by atoms with Crippen molar-refractivity contribution < 1.29 is 14.3 Å². The van der Waals surface area contributed by atoms with Crippen LogP contribution in [0.4, 0.5) is 5.69 Å². The van der Waals surface area contributed by atoms with Crippen molar-refractivity contribution >= 4 is 23.2 Å². The van der Waals surface area contributed by atoms with Crippen LogP contribution in [-0.4, -0.2) is 25.5 Å². The molecule has 5 heteroatoms. The average molecular weight is 318 g/mol. The number of β-lactam (4-membered cyclic amide) rings is 1. The van der Waals surface area contributed by atoms with Gasteiger partial charge in [-0.3, -0.25) is 4.79 Å². The van der Waals surface area contributed by atoms with E-state index in [0.717, 1.165) is 22.7 Å². The fourth-order valence-electron chi connectivity index (χ4n) is 2.60. The summed E-state index contributed by atoms with van der Waals surface area (Å²) in [4.78, 5) is 13.9. The van der Waals surface area contributed by atoms with Crippen LogP contribution in [0.1, 0.15) is 11.6 Å². The third-order valence-corrected chi connectivity index (χ3v) is 4.26. The van der Waals surface area contributed by atoms with E-state index in [9.17, 15) is 4.79 Å². The summed E-state index contributed by atoms with van der Waals surface area (Å²) >= 11 is 6.23. The molecular formula is C17H16ClNO3. The largest absolute Gasteiger partial charge is 0.497 e. The average Bonchev–Trinajstić information content (AvgIpc) is 2.59. The zero-order valence-electron chi connectivity index (χ0n) is 12.3. The van der Waals surface area contributed by atoms with Crippen LogP contribution in [0.3, 0.4) is 0 Å². The second-order valence-electron chi connectivity index (χ2n) is 5.03. The third-order valence-electron chi connectivity index (χ3n) is 3.84. The highest BCUT2D eigenvalue weighted by molar-refractivity contribution is 6.37. The zero-order chi connectivity index (χ0) is 15.7. The molecule has 0 aromatic heterocycles. The monoisotopic (exact) mass is 317 g/mol. The summed E-state index contributed by atoms with van der Waals surface area (Å²) in [5.74, 6) is 1.43. The number of hydrogen-bond donors (Lipinski definition) is 0. The number of nitrogens with zero attached hydrogens (tertiary/aromatic N) is 1. The summed E-state index contributed by atoms with van der Waals surface area (Å²) < 4.78 is 10.3. The van der Waals surface area contributed by atoms with Crippen molar-refractivity contribution in [1.29, 1.82) is 0 Å². The molecule has 1 heterocycles. The van der Waals surface area contributed by atoms with Gasteiger partial charge in [0.25, 0.3) is 0 Å². The molecule has 0 saturated carbocycles. The summed E-state index contributed by atoms with van der Waals surface area (Å²) in [6.07, 6.45) is 0. The number of anilines is 1. The first kappa shape index (κ1) is 14.7. The van der Waals surface area contributed by atoms with Crippen LogP contribution in [0, 0.1) is 0 Å². The van der Waals surface area contributed by atoms with Gasteiger partial charge in [-0.1, -0.05) is 12.1 Å². The van der Waals surface area contributed by atoms with E-state index in [1.54, 1.807) is 19.1 Å². The molecule has 1 aliphatic rings. The second kappa shape index (κ2) is 5.89. The van der Waals surface area contributed by atoms with Crippen molar-refractivity contribution in [2.45, 2.75) is 11.4 Å². The fourth-order valence-corrected chi connectivity index (χ4v) is 2.97. The highest BCUT2D eigenvalue weighted by Crippen LogP contribution is 2.42. The van der Waals surface area contributed by atoms with Crippen molar-refractivity contribution in [3.8, 4) is 11.5 Å². The van der Waals surface area contributed by atoms with E-state index in [1.807, 2.05) is 48.5 Å². The van der Waals surface area contributed by atoms with E-state index in [1.165, 1.54) is 0 Å². The number of rotatable bonds is 4. The summed E-state index contributed by atoms with van der Waals surface area (Å²) in [5, 5.41) is -0.546. The van der Waals surface area contributed by atoms with Crippen molar-refractivity contribution in [2.24, 2.45) is 0 Å². The molecule has 0 spiro atoms. The number of ether oxygens (including phenoxy) is 2. The number of halogens is 1. The number of carbonyl (C=O) groups excluding carboxylic acids is 1. The van der Waals surface area contributed by atoms with Gasteiger partial charge in [0.05, 0.1) is 20.3 Å². The molecule has 1 aliphatic heterocycles. The fraction of sp³-hybridized carbons (Fsp3) is 0.235. The van der Waals surface area contributed by atoms with Crippen LogP contribution >= 0.6 is 11.6 Å². The summed E-state index contributed by atoms with van der Waals surface area (Å²) in [7, 11) is 3.23. The van der Waals surface area contributed by atoms with E-state index >= 15 is 0 Å². The van der Waals surface area contributed by atoms with Gasteiger partial charge in [-0.2, -0.15) is 0 Å². The molecule has 0 N–H and O–H groups in total. The Bertz CT molecular complexity index is 669. The first-order valence-corrected chi connectivity index (χ1v) is 7.34. The van der Waals surface area contributed by atoms with E-state index in [2.05, 4.69) is 0 Å². The van der Waals surface area contributed by atoms with Crippen molar-refractivity contribution in [1.82, 2.24) is 0 Å². The lowest BCUT2D eigenvalue weighted by atomic mass is 9.92. The summed E-state index contributed by atoms with van der Waals surface area (Å²) in [5.41, 5.74) is 1.79. The van der Waals surface area contributed by atoms with E-state index in [-0.39, 0.29) is 11.9 Å². The lowest BCUT2D eigenvalue weighted by molar-refractivity contribution is -0.123. The molecule has 114 valence electrons. The maximum absolute atomic E-state index is 12.2. The zero-order valence-corrected chi connectivity index (χ0v) is 13.1.